The zero-order valence-corrected chi connectivity index (χ0v) is 9.03. The van der Waals surface area contributed by atoms with Gasteiger partial charge in [-0.25, -0.2) is 14.8 Å². The molecule has 0 amide bonds. The Morgan fingerprint density at radius 2 is 2.41 bits per heavy atom. The third-order valence-corrected chi connectivity index (χ3v) is 1.95. The molecule has 2 heterocycles. The van der Waals surface area contributed by atoms with E-state index in [1.54, 1.807) is 17.9 Å². The van der Waals surface area contributed by atoms with Gasteiger partial charge in [0.2, 0.25) is 5.95 Å². The molecule has 0 aliphatic heterocycles. The summed E-state index contributed by atoms with van der Waals surface area (Å²) >= 11 is 0. The van der Waals surface area contributed by atoms with Gasteiger partial charge in [-0.1, -0.05) is 5.21 Å². The first-order valence-corrected chi connectivity index (χ1v) is 4.80. The van der Waals surface area contributed by atoms with Crippen molar-refractivity contribution >= 4 is 11.9 Å². The first kappa shape index (κ1) is 11.0. The molecule has 0 atom stereocenters. The Morgan fingerprint density at radius 3 is 3.06 bits per heavy atom. The van der Waals surface area contributed by atoms with Crippen LogP contribution in [0, 0.1) is 0 Å². The number of hydrogen-bond acceptors (Lipinski definition) is 6. The van der Waals surface area contributed by atoms with Gasteiger partial charge in [-0.05, 0) is 6.07 Å². The largest absolute Gasteiger partial charge is 0.477 e. The Labute approximate surface area is 96.3 Å². The lowest BCUT2D eigenvalue weighted by Crippen LogP contribution is -2.07. The Hall–Kier alpha value is -2.51. The number of aryl methyl sites for hydroxylation is 1. The molecule has 0 bridgehead atoms. The van der Waals surface area contributed by atoms with E-state index in [-0.39, 0.29) is 11.6 Å². The Morgan fingerprint density at radius 1 is 1.59 bits per heavy atom. The van der Waals surface area contributed by atoms with E-state index in [4.69, 9.17) is 5.11 Å². The minimum absolute atomic E-state index is 0.0540. The number of carboxylic acids is 1. The van der Waals surface area contributed by atoms with Crippen LogP contribution in [0.5, 0.6) is 0 Å². The average molecular weight is 234 g/mol. The van der Waals surface area contributed by atoms with Gasteiger partial charge in [0.25, 0.3) is 0 Å². The molecule has 2 rings (SSSR count). The summed E-state index contributed by atoms with van der Waals surface area (Å²) in [5, 5.41) is 19.3. The molecule has 0 aliphatic carbocycles. The van der Waals surface area contributed by atoms with Crippen LogP contribution in [0.4, 0.5) is 5.95 Å². The summed E-state index contributed by atoms with van der Waals surface area (Å²) in [4.78, 5) is 18.4. The molecule has 2 aromatic heterocycles. The van der Waals surface area contributed by atoms with Gasteiger partial charge >= 0.3 is 5.97 Å². The van der Waals surface area contributed by atoms with Crippen molar-refractivity contribution in [3.8, 4) is 0 Å². The van der Waals surface area contributed by atoms with Gasteiger partial charge in [0, 0.05) is 19.4 Å². The minimum atomic E-state index is -1.09. The molecule has 0 radical (unpaired) electrons. The quantitative estimate of drug-likeness (QED) is 0.761. The zero-order chi connectivity index (χ0) is 12.3. The fourth-order valence-corrected chi connectivity index (χ4v) is 1.21. The van der Waals surface area contributed by atoms with Crippen LogP contribution in [-0.2, 0) is 13.6 Å². The monoisotopic (exact) mass is 234 g/mol. The van der Waals surface area contributed by atoms with Gasteiger partial charge in [-0.3, -0.25) is 4.68 Å². The van der Waals surface area contributed by atoms with E-state index in [2.05, 4.69) is 25.6 Å². The maximum absolute atomic E-state index is 10.7. The third-order valence-electron chi connectivity index (χ3n) is 1.95. The van der Waals surface area contributed by atoms with Crippen LogP contribution in [0.25, 0.3) is 0 Å². The Bertz CT molecular complexity index is 538. The van der Waals surface area contributed by atoms with E-state index in [1.807, 2.05) is 0 Å². The molecule has 0 aromatic carbocycles. The molecule has 0 aliphatic rings. The van der Waals surface area contributed by atoms with Crippen molar-refractivity contribution in [1.82, 2.24) is 25.0 Å². The highest BCUT2D eigenvalue weighted by molar-refractivity contribution is 5.85. The first-order chi connectivity index (χ1) is 8.15. The number of hydrogen-bond donors (Lipinski definition) is 2. The highest BCUT2D eigenvalue weighted by atomic mass is 16.4. The molecule has 2 aromatic rings. The van der Waals surface area contributed by atoms with Gasteiger partial charge in [-0.2, -0.15) is 0 Å². The molecular weight excluding hydrogens is 224 g/mol. The predicted octanol–water partition coefficient (Wildman–Crippen LogP) is -0.0846. The van der Waals surface area contributed by atoms with E-state index in [0.717, 1.165) is 5.69 Å². The maximum atomic E-state index is 10.7. The smallest absolute Gasteiger partial charge is 0.354 e. The first-order valence-electron chi connectivity index (χ1n) is 4.80. The molecule has 17 heavy (non-hydrogen) atoms. The van der Waals surface area contributed by atoms with Crippen LogP contribution in [0.1, 0.15) is 16.2 Å². The molecule has 8 nitrogen and oxygen atoms in total. The van der Waals surface area contributed by atoms with E-state index in [1.165, 1.54) is 12.3 Å². The van der Waals surface area contributed by atoms with Crippen molar-refractivity contribution in [2.24, 2.45) is 7.05 Å². The summed E-state index contributed by atoms with van der Waals surface area (Å²) in [6.07, 6.45) is 3.13. The number of aromatic nitrogens is 5. The molecule has 0 unspecified atom stereocenters. The van der Waals surface area contributed by atoms with Gasteiger partial charge < -0.3 is 10.4 Å². The predicted molar refractivity (Wildman–Crippen MR) is 57.3 cm³/mol. The van der Waals surface area contributed by atoms with Crippen LogP contribution in [0.3, 0.4) is 0 Å². The number of aromatic carboxylic acids is 1. The highest BCUT2D eigenvalue weighted by Crippen LogP contribution is 2.02. The molecule has 8 heteroatoms. The zero-order valence-electron chi connectivity index (χ0n) is 9.03. The van der Waals surface area contributed by atoms with Gasteiger partial charge in [0.15, 0.2) is 5.69 Å². The molecule has 0 saturated heterocycles. The highest BCUT2D eigenvalue weighted by Gasteiger charge is 2.06. The van der Waals surface area contributed by atoms with Crippen LogP contribution in [-0.4, -0.2) is 36.0 Å². The number of nitrogens with one attached hydrogen (secondary N) is 1. The molecular formula is C9H10N6O2. The molecule has 0 spiro atoms. The van der Waals surface area contributed by atoms with Crippen molar-refractivity contribution in [2.45, 2.75) is 6.54 Å². The van der Waals surface area contributed by atoms with E-state index in [9.17, 15) is 4.79 Å². The van der Waals surface area contributed by atoms with Crippen molar-refractivity contribution in [3.05, 3.63) is 29.8 Å². The Kier molecular flexibility index (Phi) is 2.95. The van der Waals surface area contributed by atoms with Crippen LogP contribution in [0.15, 0.2) is 18.5 Å². The maximum Gasteiger partial charge on any atom is 0.354 e. The van der Waals surface area contributed by atoms with Gasteiger partial charge in [-0.15, -0.1) is 5.10 Å². The summed E-state index contributed by atoms with van der Waals surface area (Å²) < 4.78 is 1.57. The number of carboxylic acid groups (broad SMARTS) is 1. The summed E-state index contributed by atoms with van der Waals surface area (Å²) in [5.41, 5.74) is 0.665. The van der Waals surface area contributed by atoms with E-state index >= 15 is 0 Å². The third kappa shape index (κ3) is 2.74. The van der Waals surface area contributed by atoms with Crippen molar-refractivity contribution in [1.29, 1.82) is 0 Å². The van der Waals surface area contributed by atoms with Crippen molar-refractivity contribution in [2.75, 3.05) is 5.32 Å². The number of nitrogens with zero attached hydrogens (tertiary/aromatic N) is 5. The van der Waals surface area contributed by atoms with Crippen molar-refractivity contribution in [3.63, 3.8) is 0 Å². The number of anilines is 1. The SMILES string of the molecule is Cn1cc(CNc2nccc(C(=O)O)n2)nn1. The second-order valence-corrected chi connectivity index (χ2v) is 3.31. The van der Waals surface area contributed by atoms with Crippen LogP contribution >= 0.6 is 0 Å². The summed E-state index contributed by atoms with van der Waals surface area (Å²) in [6, 6.07) is 1.33. The fraction of sp³-hybridized carbons (Fsp3) is 0.222. The minimum Gasteiger partial charge on any atom is -0.477 e. The number of rotatable bonds is 4. The van der Waals surface area contributed by atoms with Gasteiger partial charge in [0.05, 0.1) is 6.54 Å². The molecule has 0 saturated carbocycles. The Balaban J connectivity index is 2.04. The van der Waals surface area contributed by atoms with E-state index < -0.39 is 5.97 Å². The lowest BCUT2D eigenvalue weighted by atomic mass is 10.4. The lowest BCUT2D eigenvalue weighted by molar-refractivity contribution is 0.0690. The normalized spacial score (nSPS) is 10.2. The van der Waals surface area contributed by atoms with Gasteiger partial charge in [0.1, 0.15) is 5.69 Å². The molecule has 88 valence electrons. The van der Waals surface area contributed by atoms with Crippen molar-refractivity contribution < 1.29 is 9.90 Å². The standard InChI is InChI=1S/C9H10N6O2/c1-15-5-6(13-14-15)4-11-9-10-3-2-7(12-9)8(16)17/h2-3,5H,4H2,1H3,(H,16,17)(H,10,11,12). The summed E-state index contributed by atoms with van der Waals surface area (Å²) in [6.45, 7) is 0.386. The number of carbonyl (C=O) groups is 1. The summed E-state index contributed by atoms with van der Waals surface area (Å²) in [7, 11) is 1.76. The fourth-order valence-electron chi connectivity index (χ4n) is 1.21. The summed E-state index contributed by atoms with van der Waals surface area (Å²) in [5.74, 6) is -0.842. The lowest BCUT2D eigenvalue weighted by Gasteiger charge is -2.02. The topological polar surface area (TPSA) is 106 Å². The van der Waals surface area contributed by atoms with Crippen LogP contribution < -0.4 is 5.32 Å². The molecule has 2 N–H and O–H groups in total. The molecule has 0 fully saturated rings. The second-order valence-electron chi connectivity index (χ2n) is 3.31. The van der Waals surface area contributed by atoms with E-state index in [0.29, 0.717) is 6.54 Å². The second kappa shape index (κ2) is 4.56. The average Bonchev–Trinajstić information content (AvgIpc) is 2.73. The van der Waals surface area contributed by atoms with Crippen LogP contribution in [0.2, 0.25) is 0 Å².